The number of fused-ring (bicyclic) bond motifs is 2. The van der Waals surface area contributed by atoms with Gasteiger partial charge in [0.1, 0.15) is 0 Å². The molecule has 4 rings (SSSR count). The van der Waals surface area contributed by atoms with Crippen LogP contribution < -0.4 is 0 Å². The molecule has 0 radical (unpaired) electrons. The maximum Gasteiger partial charge on any atom is 0.337 e. The minimum absolute atomic E-state index is 0.296. The minimum atomic E-state index is -0.919. The molecule has 0 bridgehead atoms. The molecule has 0 aliphatic rings. The predicted molar refractivity (Wildman–Crippen MR) is 92.9 cm³/mol. The van der Waals surface area contributed by atoms with Crippen molar-refractivity contribution in [1.29, 1.82) is 0 Å². The van der Waals surface area contributed by atoms with Crippen LogP contribution in [0.3, 0.4) is 0 Å². The van der Waals surface area contributed by atoms with E-state index in [1.807, 2.05) is 12.3 Å². The Balaban J connectivity index is 1.94. The summed E-state index contributed by atoms with van der Waals surface area (Å²) in [5, 5.41) is 12.6. The number of carbonyl (C=O) groups is 1. The van der Waals surface area contributed by atoms with Gasteiger partial charge in [-0.2, -0.15) is 0 Å². The summed E-state index contributed by atoms with van der Waals surface area (Å²) < 4.78 is 0. The van der Waals surface area contributed by atoms with Crippen molar-refractivity contribution in [3.05, 3.63) is 71.9 Å². The quantitative estimate of drug-likeness (QED) is 0.547. The van der Waals surface area contributed by atoms with Crippen molar-refractivity contribution in [2.45, 2.75) is 6.92 Å². The highest BCUT2D eigenvalue weighted by Crippen LogP contribution is 2.32. The van der Waals surface area contributed by atoms with Gasteiger partial charge in [0.2, 0.25) is 0 Å². The lowest BCUT2D eigenvalue weighted by molar-refractivity contribution is 0.0699. The summed E-state index contributed by atoms with van der Waals surface area (Å²) in [5.74, 6) is -0.919. The highest BCUT2D eigenvalue weighted by atomic mass is 16.4. The first-order valence-corrected chi connectivity index (χ1v) is 7.48. The molecule has 0 amide bonds. The molecule has 0 aliphatic heterocycles. The Morgan fingerprint density at radius 1 is 1.00 bits per heavy atom. The van der Waals surface area contributed by atoms with Crippen LogP contribution in [0.15, 0.2) is 60.8 Å². The van der Waals surface area contributed by atoms with Gasteiger partial charge in [0.05, 0.1) is 11.1 Å². The van der Waals surface area contributed by atoms with Gasteiger partial charge >= 0.3 is 5.97 Å². The molecule has 3 heteroatoms. The summed E-state index contributed by atoms with van der Waals surface area (Å²) in [6.45, 7) is 2.08. The van der Waals surface area contributed by atoms with E-state index in [-0.39, 0.29) is 0 Å². The molecular weight excluding hydrogens is 286 g/mol. The summed E-state index contributed by atoms with van der Waals surface area (Å²) in [4.78, 5) is 14.5. The molecule has 4 aromatic rings. The normalized spacial score (nSPS) is 11.2. The second kappa shape index (κ2) is 4.99. The molecular formula is C20H15NO2. The molecule has 3 nitrogen and oxygen atoms in total. The third-order valence-electron chi connectivity index (χ3n) is 4.25. The number of nitrogens with one attached hydrogen (secondary N) is 1. The van der Waals surface area contributed by atoms with Crippen LogP contribution in [0.4, 0.5) is 0 Å². The van der Waals surface area contributed by atoms with Gasteiger partial charge in [-0.05, 0) is 35.4 Å². The third kappa shape index (κ3) is 2.18. The van der Waals surface area contributed by atoms with E-state index in [4.69, 9.17) is 0 Å². The fourth-order valence-corrected chi connectivity index (χ4v) is 3.10. The van der Waals surface area contributed by atoms with E-state index < -0.39 is 5.97 Å². The Labute approximate surface area is 133 Å². The Morgan fingerprint density at radius 3 is 2.61 bits per heavy atom. The van der Waals surface area contributed by atoms with Gasteiger partial charge in [-0.25, -0.2) is 4.79 Å². The number of carboxylic acid groups (broad SMARTS) is 1. The minimum Gasteiger partial charge on any atom is -0.478 e. The van der Waals surface area contributed by atoms with Gasteiger partial charge in [0.15, 0.2) is 0 Å². The summed E-state index contributed by atoms with van der Waals surface area (Å²) in [7, 11) is 0. The zero-order chi connectivity index (χ0) is 16.0. The maximum absolute atomic E-state index is 11.3. The Kier molecular flexibility index (Phi) is 2.95. The highest BCUT2D eigenvalue weighted by molar-refractivity contribution is 6.07. The van der Waals surface area contributed by atoms with Crippen molar-refractivity contribution in [2.24, 2.45) is 0 Å². The molecule has 0 unspecified atom stereocenters. The number of rotatable bonds is 2. The van der Waals surface area contributed by atoms with E-state index >= 15 is 0 Å². The van der Waals surface area contributed by atoms with Crippen LogP contribution in [-0.2, 0) is 0 Å². The van der Waals surface area contributed by atoms with Gasteiger partial charge in [0.25, 0.3) is 0 Å². The smallest absolute Gasteiger partial charge is 0.337 e. The van der Waals surface area contributed by atoms with E-state index in [1.54, 1.807) is 12.1 Å². The number of H-pyrrole nitrogens is 1. The van der Waals surface area contributed by atoms with Crippen LogP contribution in [0.1, 0.15) is 15.9 Å². The fraction of sp³-hybridized carbons (Fsp3) is 0.0500. The average Bonchev–Trinajstić information content (AvgIpc) is 2.98. The van der Waals surface area contributed by atoms with Crippen molar-refractivity contribution in [3.8, 4) is 11.1 Å². The molecule has 0 spiro atoms. The Hall–Kier alpha value is -3.07. The van der Waals surface area contributed by atoms with Crippen LogP contribution in [0.5, 0.6) is 0 Å². The van der Waals surface area contributed by atoms with Crippen LogP contribution in [0.2, 0.25) is 0 Å². The number of aryl methyl sites for hydroxylation is 1. The second-order valence-corrected chi connectivity index (χ2v) is 5.80. The standard InChI is InChI=1S/C20H15NO2/c1-12-5-6-14-10-15(8-7-13(14)9-12)18-11-21-19-16(18)3-2-4-17(19)20(22)23/h2-11,21H,1H3,(H,22,23). The van der Waals surface area contributed by atoms with Crippen molar-refractivity contribution in [3.63, 3.8) is 0 Å². The molecule has 23 heavy (non-hydrogen) atoms. The lowest BCUT2D eigenvalue weighted by Crippen LogP contribution is -1.96. The van der Waals surface area contributed by atoms with E-state index in [9.17, 15) is 9.90 Å². The first-order valence-electron chi connectivity index (χ1n) is 7.48. The van der Waals surface area contributed by atoms with Crippen molar-refractivity contribution in [2.75, 3.05) is 0 Å². The first-order chi connectivity index (χ1) is 11.1. The summed E-state index contributed by atoms with van der Waals surface area (Å²) in [5.41, 5.74) is 4.30. The van der Waals surface area contributed by atoms with E-state index in [1.165, 1.54) is 16.3 Å². The van der Waals surface area contributed by atoms with Gasteiger partial charge in [0, 0.05) is 17.1 Å². The molecule has 112 valence electrons. The predicted octanol–water partition coefficient (Wildman–Crippen LogP) is 4.99. The molecule has 1 heterocycles. The molecule has 0 saturated heterocycles. The topological polar surface area (TPSA) is 53.1 Å². The Morgan fingerprint density at radius 2 is 1.78 bits per heavy atom. The molecule has 0 aliphatic carbocycles. The lowest BCUT2D eigenvalue weighted by Gasteiger charge is -2.04. The molecule has 1 aromatic heterocycles. The van der Waals surface area contributed by atoms with E-state index in [0.29, 0.717) is 11.1 Å². The number of aromatic nitrogens is 1. The fourth-order valence-electron chi connectivity index (χ4n) is 3.10. The van der Waals surface area contributed by atoms with E-state index in [0.717, 1.165) is 16.5 Å². The van der Waals surface area contributed by atoms with Gasteiger partial charge in [-0.3, -0.25) is 0 Å². The lowest BCUT2D eigenvalue weighted by atomic mass is 9.99. The van der Waals surface area contributed by atoms with E-state index in [2.05, 4.69) is 48.3 Å². The summed E-state index contributed by atoms with van der Waals surface area (Å²) in [6.07, 6.45) is 1.88. The van der Waals surface area contributed by atoms with Gasteiger partial charge in [-0.15, -0.1) is 0 Å². The maximum atomic E-state index is 11.3. The summed E-state index contributed by atoms with van der Waals surface area (Å²) in [6, 6.07) is 18.1. The first kappa shape index (κ1) is 13.6. The Bertz CT molecular complexity index is 1060. The monoisotopic (exact) mass is 301 g/mol. The van der Waals surface area contributed by atoms with Crippen LogP contribution in [-0.4, -0.2) is 16.1 Å². The molecule has 3 aromatic carbocycles. The molecule has 0 saturated carbocycles. The molecule has 0 atom stereocenters. The van der Waals surface area contributed by atoms with Crippen LogP contribution in [0.25, 0.3) is 32.8 Å². The highest BCUT2D eigenvalue weighted by Gasteiger charge is 2.13. The van der Waals surface area contributed by atoms with Crippen molar-refractivity contribution in [1.82, 2.24) is 4.98 Å². The number of hydrogen-bond donors (Lipinski definition) is 2. The van der Waals surface area contributed by atoms with Crippen LogP contribution >= 0.6 is 0 Å². The van der Waals surface area contributed by atoms with Crippen molar-refractivity contribution >= 4 is 27.6 Å². The second-order valence-electron chi connectivity index (χ2n) is 5.80. The number of benzene rings is 3. The SMILES string of the molecule is Cc1ccc2cc(-c3c[nH]c4c(C(=O)O)cccc34)ccc2c1. The number of para-hydroxylation sites is 1. The van der Waals surface area contributed by atoms with Gasteiger partial charge in [-0.1, -0.05) is 48.0 Å². The third-order valence-corrected chi connectivity index (χ3v) is 4.25. The van der Waals surface area contributed by atoms with Crippen molar-refractivity contribution < 1.29 is 9.90 Å². The van der Waals surface area contributed by atoms with Crippen LogP contribution in [0, 0.1) is 6.92 Å². The van der Waals surface area contributed by atoms with Gasteiger partial charge < -0.3 is 10.1 Å². The number of carboxylic acids is 1. The number of hydrogen-bond acceptors (Lipinski definition) is 1. The summed E-state index contributed by atoms with van der Waals surface area (Å²) >= 11 is 0. The molecule has 2 N–H and O–H groups in total. The zero-order valence-electron chi connectivity index (χ0n) is 12.6. The zero-order valence-corrected chi connectivity index (χ0v) is 12.6. The average molecular weight is 301 g/mol. The molecule has 0 fully saturated rings. The number of aromatic amines is 1. The largest absolute Gasteiger partial charge is 0.478 e. The number of aromatic carboxylic acids is 1.